The number of hydrogen-bond acceptors (Lipinski definition) is 9. The summed E-state index contributed by atoms with van der Waals surface area (Å²) < 4.78 is 0. The molecule has 0 aliphatic heterocycles. The lowest BCUT2D eigenvalue weighted by molar-refractivity contribution is -0.181. The van der Waals surface area contributed by atoms with Gasteiger partial charge in [-0.05, 0) is 87.1 Å². The van der Waals surface area contributed by atoms with Gasteiger partial charge in [0.25, 0.3) is 0 Å². The van der Waals surface area contributed by atoms with Crippen molar-refractivity contribution < 1.29 is 34.2 Å². The zero-order valence-electron chi connectivity index (χ0n) is 26.0. The third-order valence-electron chi connectivity index (χ3n) is 10.8. The number of nitrogens with zero attached hydrogens (tertiary/aromatic N) is 2. The average molecular weight is 616 g/mol. The first kappa shape index (κ1) is 31.3. The van der Waals surface area contributed by atoms with Crippen LogP contribution in [0, 0.1) is 23.7 Å². The smallest absolute Gasteiger partial charge is 0.235 e. The van der Waals surface area contributed by atoms with Crippen molar-refractivity contribution >= 4 is 29.0 Å². The van der Waals surface area contributed by atoms with E-state index in [2.05, 4.69) is 24.1 Å². The second-order valence-electron chi connectivity index (χ2n) is 13.7. The molecule has 3 fully saturated rings. The fourth-order valence-electron chi connectivity index (χ4n) is 8.65. The molecular weight excluding hydrogens is 574 g/mol. The lowest BCUT2D eigenvalue weighted by Gasteiger charge is -2.52. The Balaban J connectivity index is 1.38. The van der Waals surface area contributed by atoms with Crippen LogP contribution in [0.25, 0.3) is 11.1 Å². The highest BCUT2D eigenvalue weighted by Gasteiger charge is 2.69. The van der Waals surface area contributed by atoms with E-state index in [1.165, 1.54) is 43.1 Å². The number of aliphatic hydroxyl groups is 1. The zero-order chi connectivity index (χ0) is 32.4. The largest absolute Gasteiger partial charge is 0.507 e. The lowest BCUT2D eigenvalue weighted by atomic mass is 9.52. The van der Waals surface area contributed by atoms with Crippen LogP contribution in [-0.2, 0) is 32.1 Å². The van der Waals surface area contributed by atoms with Crippen molar-refractivity contribution in [2.75, 3.05) is 21.1 Å². The fourth-order valence-corrected chi connectivity index (χ4v) is 8.65. The van der Waals surface area contributed by atoms with Crippen molar-refractivity contribution in [3.8, 4) is 16.9 Å². The molecule has 10 heteroatoms. The van der Waals surface area contributed by atoms with Crippen molar-refractivity contribution in [3.05, 3.63) is 53.1 Å². The van der Waals surface area contributed by atoms with Crippen LogP contribution in [0.2, 0.25) is 0 Å². The van der Waals surface area contributed by atoms with Gasteiger partial charge in [-0.15, -0.1) is 0 Å². The molecule has 0 saturated heterocycles. The molecule has 2 aromatic carbocycles. The molecule has 3 saturated carbocycles. The Kier molecular flexibility index (Phi) is 8.04. The zero-order valence-corrected chi connectivity index (χ0v) is 26.0. The highest BCUT2D eigenvalue weighted by molar-refractivity contribution is 6.32. The fraction of sp³-hybridized carbons (Fsp3) is 0.514. The van der Waals surface area contributed by atoms with Crippen LogP contribution < -0.4 is 5.73 Å². The molecule has 2 aromatic rings. The SMILES string of the molecule is CN(Cc1cccc(-c2ccc(O)c3c2C[C@H]2C[C@H]4[C@H](N(C)C)C(=O)C(C(N)=O)C(=O)[C@@]4(O)C(=O)C2C3=O)c1)C1CCCCC1. The number of carbonyl (C=O) groups excluding carboxylic acids is 5. The number of primary amides is 1. The van der Waals surface area contributed by atoms with Gasteiger partial charge in [-0.1, -0.05) is 43.5 Å². The Hall–Kier alpha value is -3.73. The molecule has 4 aliphatic carbocycles. The van der Waals surface area contributed by atoms with E-state index in [-0.39, 0.29) is 24.2 Å². The van der Waals surface area contributed by atoms with Crippen molar-refractivity contribution in [2.45, 2.75) is 69.2 Å². The maximum atomic E-state index is 14.1. The number of Topliss-reactive ketones (excluding diaryl/α,β-unsaturated/α-hetero) is 4. The molecule has 1 amide bonds. The molecule has 10 nitrogen and oxygen atoms in total. The normalized spacial score (nSPS) is 30.3. The lowest BCUT2D eigenvalue weighted by Crippen LogP contribution is -2.74. The molecule has 0 bridgehead atoms. The predicted molar refractivity (Wildman–Crippen MR) is 165 cm³/mol. The van der Waals surface area contributed by atoms with Crippen LogP contribution >= 0.6 is 0 Å². The topological polar surface area (TPSA) is 158 Å². The molecule has 2 unspecified atom stereocenters. The number of hydrogen-bond donors (Lipinski definition) is 3. The first-order valence-corrected chi connectivity index (χ1v) is 15.8. The molecule has 4 N–H and O–H groups in total. The number of likely N-dealkylation sites (N-methyl/N-ethyl adjacent to an activating group) is 1. The number of carbonyl (C=O) groups is 5. The van der Waals surface area contributed by atoms with E-state index >= 15 is 0 Å². The predicted octanol–water partition coefficient (Wildman–Crippen LogP) is 2.30. The van der Waals surface area contributed by atoms with Gasteiger partial charge in [0.15, 0.2) is 34.7 Å². The van der Waals surface area contributed by atoms with Crippen molar-refractivity contribution in [1.29, 1.82) is 0 Å². The maximum absolute atomic E-state index is 14.1. The number of phenolic OH excluding ortho intramolecular Hbond substituents is 1. The van der Waals surface area contributed by atoms with Gasteiger partial charge in [0.2, 0.25) is 5.91 Å². The number of benzene rings is 2. The Bertz CT molecular complexity index is 1600. The number of ketones is 4. The van der Waals surface area contributed by atoms with Gasteiger partial charge in [0.1, 0.15) is 5.75 Å². The molecule has 6 atom stereocenters. The summed E-state index contributed by atoms with van der Waals surface area (Å²) in [7, 11) is 5.30. The average Bonchev–Trinajstić information content (AvgIpc) is 2.99. The highest BCUT2D eigenvalue weighted by Crippen LogP contribution is 2.51. The van der Waals surface area contributed by atoms with Gasteiger partial charge in [0, 0.05) is 18.5 Å². The second kappa shape index (κ2) is 11.6. The van der Waals surface area contributed by atoms with Crippen molar-refractivity contribution in [2.24, 2.45) is 29.4 Å². The molecule has 0 radical (unpaired) electrons. The summed E-state index contributed by atoms with van der Waals surface area (Å²) in [5.41, 5.74) is 6.04. The van der Waals surface area contributed by atoms with Crippen molar-refractivity contribution in [1.82, 2.24) is 9.80 Å². The summed E-state index contributed by atoms with van der Waals surface area (Å²) in [6, 6.07) is 10.7. The van der Waals surface area contributed by atoms with Gasteiger partial charge >= 0.3 is 0 Å². The van der Waals surface area contributed by atoms with Crippen LogP contribution in [0.1, 0.15) is 60.0 Å². The third-order valence-corrected chi connectivity index (χ3v) is 10.8. The Morgan fingerprint density at radius 1 is 1.00 bits per heavy atom. The standard InChI is InChI=1S/C35H41N3O7/c1-37(2)29-24-16-20-15-23-22(19-9-7-8-18(14-19)17-38(3)21-10-5-4-6-11-21)12-13-25(39)27(23)30(40)26(20)32(42)35(24,45)33(43)28(31(29)41)34(36)44/h7-9,12-14,20-21,24,26,28-29,39,45H,4-6,10-11,15-17H2,1-3H3,(H2,36,44)/t20-,24-,26?,28?,29-,35-/m0/s1. The number of amides is 1. The van der Waals surface area contributed by atoms with E-state index in [0.29, 0.717) is 11.6 Å². The Morgan fingerprint density at radius 3 is 2.38 bits per heavy atom. The molecule has 0 spiro atoms. The Morgan fingerprint density at radius 2 is 1.71 bits per heavy atom. The molecule has 45 heavy (non-hydrogen) atoms. The summed E-state index contributed by atoms with van der Waals surface area (Å²) in [6.45, 7) is 0.775. The number of aromatic hydroxyl groups is 1. The molecular formula is C35H41N3O7. The minimum absolute atomic E-state index is 0.00354. The molecule has 6 rings (SSSR count). The molecule has 0 heterocycles. The summed E-state index contributed by atoms with van der Waals surface area (Å²) >= 11 is 0. The van der Waals surface area contributed by atoms with Crippen LogP contribution in [0.5, 0.6) is 5.75 Å². The van der Waals surface area contributed by atoms with Gasteiger partial charge in [0.05, 0.1) is 17.5 Å². The summed E-state index contributed by atoms with van der Waals surface area (Å²) in [5.74, 6) is -10.4. The van der Waals surface area contributed by atoms with Crippen LogP contribution in [0.3, 0.4) is 0 Å². The van der Waals surface area contributed by atoms with Gasteiger partial charge in [-0.25, -0.2) is 0 Å². The van der Waals surface area contributed by atoms with E-state index in [1.807, 2.05) is 12.1 Å². The first-order valence-electron chi connectivity index (χ1n) is 15.8. The van der Waals surface area contributed by atoms with E-state index in [4.69, 9.17) is 5.73 Å². The molecule has 0 aromatic heterocycles. The summed E-state index contributed by atoms with van der Waals surface area (Å²) in [5, 5.41) is 22.7. The van der Waals surface area contributed by atoms with Crippen molar-refractivity contribution in [3.63, 3.8) is 0 Å². The van der Waals surface area contributed by atoms with Gasteiger partial charge in [-0.3, -0.25) is 33.8 Å². The van der Waals surface area contributed by atoms with E-state index in [0.717, 1.165) is 23.2 Å². The molecule has 238 valence electrons. The van der Waals surface area contributed by atoms with Crippen LogP contribution in [0.15, 0.2) is 36.4 Å². The van der Waals surface area contributed by atoms with E-state index in [1.54, 1.807) is 20.2 Å². The van der Waals surface area contributed by atoms with E-state index < -0.39 is 64.4 Å². The number of nitrogens with two attached hydrogens (primary N) is 1. The first-order chi connectivity index (χ1) is 21.4. The highest BCUT2D eigenvalue weighted by atomic mass is 16.3. The van der Waals surface area contributed by atoms with Crippen LogP contribution in [-0.4, -0.2) is 87.9 Å². The minimum Gasteiger partial charge on any atom is -0.507 e. The molecule has 4 aliphatic rings. The number of rotatable bonds is 6. The van der Waals surface area contributed by atoms with Gasteiger partial charge in [-0.2, -0.15) is 0 Å². The monoisotopic (exact) mass is 615 g/mol. The number of phenols is 1. The summed E-state index contributed by atoms with van der Waals surface area (Å²) in [4.78, 5) is 71.1. The van der Waals surface area contributed by atoms with E-state index in [9.17, 15) is 34.2 Å². The third kappa shape index (κ3) is 4.94. The minimum atomic E-state index is -2.73. The quantitative estimate of drug-likeness (QED) is 0.415. The second-order valence-corrected chi connectivity index (χ2v) is 13.7. The Labute approximate surface area is 262 Å². The number of fused-ring (bicyclic) bond motifs is 3. The maximum Gasteiger partial charge on any atom is 0.235 e. The summed E-state index contributed by atoms with van der Waals surface area (Å²) in [6.07, 6.45) is 6.40. The van der Waals surface area contributed by atoms with Crippen LogP contribution in [0.4, 0.5) is 0 Å². The van der Waals surface area contributed by atoms with Gasteiger partial charge < -0.3 is 15.9 Å².